The number of carbonyl (C=O) groups excluding carboxylic acids is 2. The summed E-state index contributed by atoms with van der Waals surface area (Å²) in [5.74, 6) is 0.583. The van der Waals surface area contributed by atoms with Crippen LogP contribution in [-0.4, -0.2) is 37.4 Å². The third kappa shape index (κ3) is 8.02. The maximum absolute atomic E-state index is 12.7. The number of rotatable bonds is 10. The van der Waals surface area contributed by atoms with Crippen LogP contribution in [0.4, 0.5) is 4.39 Å². The molecule has 2 aromatic carbocycles. The molecular formula is C19H20FNO4S. The van der Waals surface area contributed by atoms with Crippen molar-refractivity contribution < 1.29 is 23.5 Å². The van der Waals surface area contributed by atoms with E-state index in [0.29, 0.717) is 12.3 Å². The second kappa shape index (κ2) is 11.1. The van der Waals surface area contributed by atoms with Crippen molar-refractivity contribution in [1.29, 1.82) is 0 Å². The molecule has 0 bridgehead atoms. The maximum Gasteiger partial charge on any atom is 0.344 e. The number of halogens is 1. The Labute approximate surface area is 155 Å². The van der Waals surface area contributed by atoms with Crippen LogP contribution in [0.25, 0.3) is 0 Å². The van der Waals surface area contributed by atoms with Crippen molar-refractivity contribution in [3.8, 4) is 5.75 Å². The zero-order chi connectivity index (χ0) is 18.6. The minimum absolute atomic E-state index is 0.341. The van der Waals surface area contributed by atoms with E-state index < -0.39 is 11.8 Å². The van der Waals surface area contributed by atoms with Crippen LogP contribution in [0.3, 0.4) is 0 Å². The fourth-order valence-corrected chi connectivity index (χ4v) is 2.76. The summed E-state index contributed by atoms with van der Waals surface area (Å²) in [6.07, 6.45) is 0. The Morgan fingerprint density at radius 2 is 1.73 bits per heavy atom. The average molecular weight is 377 g/mol. The van der Waals surface area contributed by atoms with Gasteiger partial charge in [0.1, 0.15) is 11.6 Å². The minimum atomic E-state index is -0.664. The van der Waals surface area contributed by atoms with Crippen molar-refractivity contribution in [1.82, 2.24) is 5.32 Å². The second-order valence-electron chi connectivity index (χ2n) is 5.29. The van der Waals surface area contributed by atoms with Crippen molar-refractivity contribution in [2.45, 2.75) is 5.75 Å². The van der Waals surface area contributed by atoms with Crippen LogP contribution in [0, 0.1) is 5.82 Å². The first-order valence-electron chi connectivity index (χ1n) is 8.06. The summed E-state index contributed by atoms with van der Waals surface area (Å²) < 4.78 is 22.7. The molecule has 1 N–H and O–H groups in total. The highest BCUT2D eigenvalue weighted by Crippen LogP contribution is 2.11. The lowest BCUT2D eigenvalue weighted by Crippen LogP contribution is -2.31. The number of benzene rings is 2. The molecule has 0 fully saturated rings. The predicted molar refractivity (Wildman–Crippen MR) is 98.5 cm³/mol. The van der Waals surface area contributed by atoms with Crippen LogP contribution in [0.2, 0.25) is 0 Å². The van der Waals surface area contributed by atoms with E-state index in [1.807, 2.05) is 18.2 Å². The molecule has 138 valence electrons. The number of esters is 1. The van der Waals surface area contributed by atoms with Gasteiger partial charge in [0.05, 0.1) is 0 Å². The molecule has 1 amide bonds. The molecule has 0 saturated heterocycles. The van der Waals surface area contributed by atoms with Crippen LogP contribution in [0.1, 0.15) is 5.56 Å². The van der Waals surface area contributed by atoms with Gasteiger partial charge in [-0.3, -0.25) is 4.79 Å². The molecule has 0 spiro atoms. The largest absolute Gasteiger partial charge is 0.482 e. The summed E-state index contributed by atoms with van der Waals surface area (Å²) in [5.41, 5.74) is 1.24. The second-order valence-corrected chi connectivity index (χ2v) is 6.40. The zero-order valence-electron chi connectivity index (χ0n) is 14.2. The highest BCUT2D eigenvalue weighted by Gasteiger charge is 2.08. The Bertz CT molecular complexity index is 694. The van der Waals surface area contributed by atoms with Gasteiger partial charge in [0.25, 0.3) is 5.91 Å². The topological polar surface area (TPSA) is 64.6 Å². The van der Waals surface area contributed by atoms with Gasteiger partial charge in [0, 0.05) is 18.1 Å². The molecule has 5 nitrogen and oxygen atoms in total. The average Bonchev–Trinajstić information content (AvgIpc) is 2.66. The lowest BCUT2D eigenvalue weighted by Gasteiger charge is -2.08. The Balaban J connectivity index is 1.51. The molecule has 0 aliphatic rings. The van der Waals surface area contributed by atoms with Gasteiger partial charge in [0.2, 0.25) is 0 Å². The highest BCUT2D eigenvalue weighted by atomic mass is 32.2. The zero-order valence-corrected chi connectivity index (χ0v) is 15.0. The number of carbonyl (C=O) groups is 2. The molecule has 0 atom stereocenters. The molecule has 2 aromatic rings. The molecular weight excluding hydrogens is 357 g/mol. The van der Waals surface area contributed by atoms with E-state index >= 15 is 0 Å². The van der Waals surface area contributed by atoms with Crippen molar-refractivity contribution >= 4 is 23.6 Å². The van der Waals surface area contributed by atoms with Gasteiger partial charge < -0.3 is 14.8 Å². The molecule has 0 aromatic heterocycles. The summed E-state index contributed by atoms with van der Waals surface area (Å²) in [5, 5.41) is 2.68. The summed E-state index contributed by atoms with van der Waals surface area (Å²) in [6.45, 7) is -0.194. The van der Waals surface area contributed by atoms with Crippen LogP contribution < -0.4 is 10.1 Å². The van der Waals surface area contributed by atoms with Crippen LogP contribution >= 0.6 is 11.8 Å². The van der Waals surface area contributed by atoms with Gasteiger partial charge in [-0.15, -0.1) is 0 Å². The number of hydrogen-bond acceptors (Lipinski definition) is 5. The predicted octanol–water partition coefficient (Wildman–Crippen LogP) is 2.80. The van der Waals surface area contributed by atoms with Gasteiger partial charge in [-0.05, 0) is 29.8 Å². The standard InChI is InChI=1S/C19H20FNO4S/c20-16-6-8-17(9-7-16)24-13-19(23)25-12-18(22)21-10-11-26-14-15-4-2-1-3-5-15/h1-9H,10-14H2,(H,21,22). The smallest absolute Gasteiger partial charge is 0.344 e. The number of hydrogen-bond donors (Lipinski definition) is 1. The Kier molecular flexibility index (Phi) is 8.48. The molecule has 0 aliphatic heterocycles. The Morgan fingerprint density at radius 1 is 1.00 bits per heavy atom. The highest BCUT2D eigenvalue weighted by molar-refractivity contribution is 7.98. The molecule has 0 saturated carbocycles. The summed E-state index contributed by atoms with van der Waals surface area (Å²) in [4.78, 5) is 23.1. The SMILES string of the molecule is O=C(COC(=O)COc1ccc(F)cc1)NCCSCc1ccccc1. The molecule has 0 unspecified atom stereocenters. The lowest BCUT2D eigenvalue weighted by atomic mass is 10.2. The first-order valence-corrected chi connectivity index (χ1v) is 9.21. The molecule has 26 heavy (non-hydrogen) atoms. The van der Waals surface area contributed by atoms with Gasteiger partial charge >= 0.3 is 5.97 Å². The molecule has 2 rings (SSSR count). The molecule has 7 heteroatoms. The molecule has 0 radical (unpaired) electrons. The number of ether oxygens (including phenoxy) is 2. The quantitative estimate of drug-likeness (QED) is 0.510. The number of nitrogens with one attached hydrogen (secondary N) is 1. The maximum atomic E-state index is 12.7. The number of amides is 1. The molecule has 0 heterocycles. The third-order valence-electron chi connectivity index (χ3n) is 3.21. The first-order chi connectivity index (χ1) is 12.6. The van der Waals surface area contributed by atoms with E-state index in [1.54, 1.807) is 11.8 Å². The van der Waals surface area contributed by atoms with Crippen LogP contribution in [-0.2, 0) is 20.1 Å². The summed E-state index contributed by atoms with van der Waals surface area (Å²) >= 11 is 1.71. The summed E-state index contributed by atoms with van der Waals surface area (Å²) in [7, 11) is 0. The van der Waals surface area contributed by atoms with E-state index in [1.165, 1.54) is 29.8 Å². The van der Waals surface area contributed by atoms with Gasteiger partial charge in [-0.1, -0.05) is 30.3 Å². The van der Waals surface area contributed by atoms with Crippen molar-refractivity contribution in [3.63, 3.8) is 0 Å². The Morgan fingerprint density at radius 3 is 2.46 bits per heavy atom. The van der Waals surface area contributed by atoms with Crippen molar-refractivity contribution in [3.05, 3.63) is 66.0 Å². The fraction of sp³-hybridized carbons (Fsp3) is 0.263. The van der Waals surface area contributed by atoms with Crippen molar-refractivity contribution in [2.24, 2.45) is 0 Å². The van der Waals surface area contributed by atoms with Crippen LogP contribution in [0.15, 0.2) is 54.6 Å². The summed E-state index contributed by atoms with van der Waals surface area (Å²) in [6, 6.07) is 15.3. The van der Waals surface area contributed by atoms with Gasteiger partial charge in [0.15, 0.2) is 13.2 Å². The van der Waals surface area contributed by atoms with E-state index in [0.717, 1.165) is 11.5 Å². The first kappa shape index (κ1) is 19.8. The van der Waals surface area contributed by atoms with E-state index in [4.69, 9.17) is 9.47 Å². The van der Waals surface area contributed by atoms with Crippen molar-refractivity contribution in [2.75, 3.05) is 25.5 Å². The normalized spacial score (nSPS) is 10.2. The van der Waals surface area contributed by atoms with Gasteiger partial charge in [-0.2, -0.15) is 11.8 Å². The fourth-order valence-electron chi connectivity index (χ4n) is 1.94. The third-order valence-corrected chi connectivity index (χ3v) is 4.24. The lowest BCUT2D eigenvalue weighted by molar-refractivity contribution is -0.150. The number of thioether (sulfide) groups is 1. The van der Waals surface area contributed by atoms with Gasteiger partial charge in [-0.25, -0.2) is 9.18 Å². The Hall–Kier alpha value is -2.54. The van der Waals surface area contributed by atoms with E-state index in [9.17, 15) is 14.0 Å². The molecule has 0 aliphatic carbocycles. The minimum Gasteiger partial charge on any atom is -0.482 e. The van der Waals surface area contributed by atoms with E-state index in [2.05, 4.69) is 17.4 Å². The van der Waals surface area contributed by atoms with Crippen LogP contribution in [0.5, 0.6) is 5.75 Å². The van der Waals surface area contributed by atoms with E-state index in [-0.39, 0.29) is 19.1 Å². The monoisotopic (exact) mass is 377 g/mol.